The smallest absolute Gasteiger partial charge is 0.416 e. The Morgan fingerprint density at radius 2 is 1.77 bits per heavy atom. The molecule has 2 fully saturated rings. The summed E-state index contributed by atoms with van der Waals surface area (Å²) in [7, 11) is 0. The van der Waals surface area contributed by atoms with Gasteiger partial charge in [0, 0.05) is 36.0 Å². The van der Waals surface area contributed by atoms with Gasteiger partial charge in [-0.2, -0.15) is 13.2 Å². The Labute approximate surface area is 225 Å². The zero-order valence-corrected chi connectivity index (χ0v) is 22.5. The van der Waals surface area contributed by atoms with Gasteiger partial charge in [0.25, 0.3) is 0 Å². The maximum Gasteiger partial charge on any atom is 0.416 e. The van der Waals surface area contributed by atoms with Crippen LogP contribution in [0, 0.1) is 29.1 Å². The van der Waals surface area contributed by atoms with Crippen LogP contribution in [0.25, 0.3) is 0 Å². The van der Waals surface area contributed by atoms with Crippen LogP contribution in [0.3, 0.4) is 0 Å². The van der Waals surface area contributed by atoms with Crippen LogP contribution in [0.4, 0.5) is 13.2 Å². The van der Waals surface area contributed by atoms with Crippen molar-refractivity contribution < 1.29 is 42.8 Å². The molecule has 9 heteroatoms. The number of rotatable bonds is 5. The molecule has 0 heterocycles. The number of Topliss-reactive ketones (excluding diaryl/α,β-unsaturated/α-hetero) is 1. The quantitative estimate of drug-likeness (QED) is 0.377. The summed E-state index contributed by atoms with van der Waals surface area (Å²) in [5, 5.41) is 34.0. The Morgan fingerprint density at radius 1 is 1.13 bits per heavy atom. The highest BCUT2D eigenvalue weighted by atomic mass is 19.4. The van der Waals surface area contributed by atoms with Crippen LogP contribution < -0.4 is 0 Å². The van der Waals surface area contributed by atoms with E-state index in [-0.39, 0.29) is 31.8 Å². The third kappa shape index (κ3) is 3.95. The highest BCUT2D eigenvalue weighted by Gasteiger charge is 2.83. The fraction of sp³-hybridized carbons (Fsp3) is 0.600. The van der Waals surface area contributed by atoms with Crippen molar-refractivity contribution in [2.75, 3.05) is 6.61 Å². The van der Waals surface area contributed by atoms with Crippen LogP contribution in [0.1, 0.15) is 58.1 Å². The summed E-state index contributed by atoms with van der Waals surface area (Å²) < 4.78 is 44.7. The van der Waals surface area contributed by atoms with Gasteiger partial charge in [0.1, 0.15) is 11.2 Å². The Bertz CT molecular complexity index is 1260. The molecule has 1 aromatic rings. The molecule has 0 radical (unpaired) electrons. The first kappa shape index (κ1) is 28.1. The molecule has 2 saturated carbocycles. The van der Waals surface area contributed by atoms with Crippen LogP contribution in [0.5, 0.6) is 0 Å². The van der Waals surface area contributed by atoms with E-state index in [2.05, 4.69) is 0 Å². The predicted molar refractivity (Wildman–Crippen MR) is 135 cm³/mol. The molecular formula is C30H35F3O6. The number of alkyl halides is 3. The third-order valence-corrected chi connectivity index (χ3v) is 10.1. The fourth-order valence-electron chi connectivity index (χ4n) is 7.96. The number of hydrogen-bond donors (Lipinski definition) is 3. The molecule has 0 spiro atoms. The molecule has 0 bridgehead atoms. The van der Waals surface area contributed by atoms with Crippen LogP contribution >= 0.6 is 0 Å². The van der Waals surface area contributed by atoms with Crippen LogP contribution in [-0.2, 0) is 26.9 Å². The SMILES string of the molecule is CC1=C[C@H]2[C@@]3(O)[C@H](C)C[C@]4(OC(=O)CCc5ccc(C(F)(F)F)cc5)[C@H]([C@@H]3C=C(CO)C[C@]2(O)C1=O)C4(C)C. The molecule has 4 aliphatic rings. The summed E-state index contributed by atoms with van der Waals surface area (Å²) in [6.45, 7) is 7.00. The second-order valence-corrected chi connectivity index (χ2v) is 12.5. The Balaban J connectivity index is 1.40. The number of aryl methyl sites for hydroxylation is 1. The second kappa shape index (κ2) is 8.75. The third-order valence-electron chi connectivity index (χ3n) is 10.1. The maximum absolute atomic E-state index is 13.1. The molecule has 0 saturated heterocycles. The number of carbonyl (C=O) groups is 2. The summed E-state index contributed by atoms with van der Waals surface area (Å²) in [4.78, 5) is 26.1. The van der Waals surface area contributed by atoms with Crippen molar-refractivity contribution in [2.24, 2.45) is 29.1 Å². The van der Waals surface area contributed by atoms with E-state index in [1.165, 1.54) is 12.1 Å². The second-order valence-electron chi connectivity index (χ2n) is 12.5. The van der Waals surface area contributed by atoms with Gasteiger partial charge < -0.3 is 20.1 Å². The van der Waals surface area contributed by atoms with Crippen LogP contribution in [0.15, 0.2) is 47.6 Å². The minimum Gasteiger partial charge on any atom is -0.458 e. The topological polar surface area (TPSA) is 104 Å². The van der Waals surface area contributed by atoms with Gasteiger partial charge >= 0.3 is 12.1 Å². The van der Waals surface area contributed by atoms with E-state index in [9.17, 15) is 38.1 Å². The molecular weight excluding hydrogens is 513 g/mol. The van der Waals surface area contributed by atoms with E-state index in [1.807, 2.05) is 20.8 Å². The number of aliphatic hydroxyl groups is 3. The summed E-state index contributed by atoms with van der Waals surface area (Å²) >= 11 is 0. The zero-order valence-electron chi connectivity index (χ0n) is 22.5. The Hall–Kier alpha value is -2.49. The first-order valence-corrected chi connectivity index (χ1v) is 13.4. The summed E-state index contributed by atoms with van der Waals surface area (Å²) in [5.41, 5.74) is -4.13. The van der Waals surface area contributed by atoms with Crippen molar-refractivity contribution in [3.05, 3.63) is 58.7 Å². The largest absolute Gasteiger partial charge is 0.458 e. The van der Waals surface area contributed by atoms with E-state index in [1.54, 1.807) is 19.1 Å². The first-order valence-electron chi connectivity index (χ1n) is 13.4. The number of esters is 1. The van der Waals surface area contributed by atoms with E-state index in [0.717, 1.165) is 12.1 Å². The van der Waals surface area contributed by atoms with Crippen molar-refractivity contribution in [3.63, 3.8) is 0 Å². The summed E-state index contributed by atoms with van der Waals surface area (Å²) in [5.74, 6) is -3.18. The zero-order chi connectivity index (χ0) is 28.8. The average molecular weight is 549 g/mol. The van der Waals surface area contributed by atoms with E-state index in [4.69, 9.17) is 4.74 Å². The number of ether oxygens (including phenoxy) is 1. The highest BCUT2D eigenvalue weighted by molar-refractivity contribution is 6.04. The summed E-state index contributed by atoms with van der Waals surface area (Å²) in [6, 6.07) is 4.69. The van der Waals surface area contributed by atoms with Crippen molar-refractivity contribution in [3.8, 4) is 0 Å². The van der Waals surface area contributed by atoms with Crippen LogP contribution in [0.2, 0.25) is 0 Å². The van der Waals surface area contributed by atoms with E-state index < -0.39 is 63.5 Å². The molecule has 3 N–H and O–H groups in total. The lowest BCUT2D eigenvalue weighted by atomic mass is 9.60. The fourth-order valence-corrected chi connectivity index (χ4v) is 7.96. The lowest BCUT2D eigenvalue weighted by molar-refractivity contribution is -0.187. The van der Waals surface area contributed by atoms with Gasteiger partial charge in [0.2, 0.25) is 0 Å². The molecule has 39 heavy (non-hydrogen) atoms. The molecule has 0 unspecified atom stereocenters. The Morgan fingerprint density at radius 3 is 2.36 bits per heavy atom. The molecule has 0 aliphatic heterocycles. The molecule has 0 amide bonds. The number of carbonyl (C=O) groups excluding carboxylic acids is 2. The van der Waals surface area contributed by atoms with E-state index >= 15 is 0 Å². The van der Waals surface area contributed by atoms with Gasteiger partial charge in [-0.25, -0.2) is 0 Å². The minimum atomic E-state index is -4.43. The molecule has 4 aliphatic carbocycles. The van der Waals surface area contributed by atoms with E-state index in [0.29, 0.717) is 23.1 Å². The molecule has 5 rings (SSSR count). The van der Waals surface area contributed by atoms with Gasteiger partial charge in [0.05, 0.1) is 17.8 Å². The molecule has 212 valence electrons. The summed E-state index contributed by atoms with van der Waals surface area (Å²) in [6.07, 6.45) is -0.572. The lowest BCUT2D eigenvalue weighted by Crippen LogP contribution is -2.61. The number of fused-ring (bicyclic) bond motifs is 5. The van der Waals surface area contributed by atoms with Gasteiger partial charge in [0.15, 0.2) is 5.78 Å². The number of ketones is 1. The average Bonchev–Trinajstić information content (AvgIpc) is 3.26. The normalized spacial score (nSPS) is 38.6. The van der Waals surface area contributed by atoms with Gasteiger partial charge in [-0.05, 0) is 54.5 Å². The number of benzene rings is 1. The van der Waals surface area contributed by atoms with Crippen molar-refractivity contribution in [1.82, 2.24) is 0 Å². The van der Waals surface area contributed by atoms with Crippen LogP contribution in [-0.4, -0.2) is 50.5 Å². The first-order chi connectivity index (χ1) is 18.0. The van der Waals surface area contributed by atoms with Crippen molar-refractivity contribution >= 4 is 11.8 Å². The number of aliphatic hydroxyl groups excluding tert-OH is 1. The van der Waals surface area contributed by atoms with Crippen molar-refractivity contribution in [2.45, 2.75) is 76.4 Å². The molecule has 0 aromatic heterocycles. The Kier molecular flexibility index (Phi) is 6.30. The maximum atomic E-state index is 13.1. The monoisotopic (exact) mass is 548 g/mol. The van der Waals surface area contributed by atoms with Gasteiger partial charge in [-0.15, -0.1) is 0 Å². The lowest BCUT2D eigenvalue weighted by Gasteiger charge is -2.50. The van der Waals surface area contributed by atoms with Crippen molar-refractivity contribution in [1.29, 1.82) is 0 Å². The minimum absolute atomic E-state index is 0.0181. The highest BCUT2D eigenvalue weighted by Crippen LogP contribution is 2.76. The van der Waals surface area contributed by atoms with Gasteiger partial charge in [-0.1, -0.05) is 45.1 Å². The predicted octanol–water partition coefficient (Wildman–Crippen LogP) is 4.16. The molecule has 6 nitrogen and oxygen atoms in total. The molecule has 7 atom stereocenters. The number of halogens is 3. The standard InChI is InChI=1S/C30H35F3O6/c1-16-11-22-27(37,25(16)36)14-19(15-34)12-21-24-26(3,4)28(24,13-17(2)29(21,22)38)39-23(35)10-7-18-5-8-20(9-6-18)30(31,32)33/h5-6,8-9,11-12,17,21-22,24,34,37-38H,7,10,13-15H2,1-4H3/t17-,21+,22-,24-,27-,28+,29-/m1/s1. The number of hydrogen-bond acceptors (Lipinski definition) is 6. The van der Waals surface area contributed by atoms with Gasteiger partial charge in [-0.3, -0.25) is 9.59 Å². The molecule has 1 aromatic carbocycles.